The first-order chi connectivity index (χ1) is 13.8. The van der Waals surface area contributed by atoms with Crippen LogP contribution in [0.2, 0.25) is 0 Å². The van der Waals surface area contributed by atoms with E-state index in [-0.39, 0.29) is 18.3 Å². The Kier molecular flexibility index (Phi) is 6.26. The van der Waals surface area contributed by atoms with Gasteiger partial charge in [-0.2, -0.15) is 0 Å². The van der Waals surface area contributed by atoms with Crippen LogP contribution >= 0.6 is 0 Å². The molecule has 6 nitrogen and oxygen atoms in total. The molecule has 1 heterocycles. The molecule has 0 unspecified atom stereocenters. The molecule has 1 N–H and O–H groups in total. The molecule has 0 aliphatic carbocycles. The van der Waals surface area contributed by atoms with Crippen molar-refractivity contribution in [2.45, 2.75) is 13.8 Å². The predicted octanol–water partition coefficient (Wildman–Crippen LogP) is 2.09. The summed E-state index contributed by atoms with van der Waals surface area (Å²) in [6.45, 7) is 5.82. The van der Waals surface area contributed by atoms with Crippen LogP contribution in [-0.4, -0.2) is 55.2 Å². The molecule has 7 heteroatoms. The summed E-state index contributed by atoms with van der Waals surface area (Å²) < 4.78 is 13.0. The number of Topliss-reactive ketones (excluding diaryl/α,β-unsaturated/α-hetero) is 1. The number of ketones is 1. The first-order valence-corrected chi connectivity index (χ1v) is 9.53. The molecule has 2 aromatic rings. The quantitative estimate of drug-likeness (QED) is 0.620. The lowest BCUT2D eigenvalue weighted by molar-refractivity contribution is -0.132. The van der Waals surface area contributed by atoms with Gasteiger partial charge >= 0.3 is 0 Å². The number of carbonyl (C=O) groups is 3. The summed E-state index contributed by atoms with van der Waals surface area (Å²) in [6, 6.07) is 11.3. The lowest BCUT2D eigenvalue weighted by Crippen LogP contribution is -2.51. The first-order valence-electron chi connectivity index (χ1n) is 9.53. The molecule has 1 aliphatic rings. The second-order valence-electron chi connectivity index (χ2n) is 7.16. The van der Waals surface area contributed by atoms with Crippen molar-refractivity contribution in [2.24, 2.45) is 0 Å². The number of carbonyl (C=O) groups excluding carboxylic acids is 3. The van der Waals surface area contributed by atoms with Gasteiger partial charge in [0.2, 0.25) is 11.7 Å². The van der Waals surface area contributed by atoms with Crippen molar-refractivity contribution in [3.8, 4) is 0 Å². The third-order valence-electron chi connectivity index (χ3n) is 5.20. The summed E-state index contributed by atoms with van der Waals surface area (Å²) >= 11 is 0. The van der Waals surface area contributed by atoms with Crippen molar-refractivity contribution in [1.29, 1.82) is 0 Å². The van der Waals surface area contributed by atoms with Gasteiger partial charge in [0.25, 0.3) is 5.91 Å². The summed E-state index contributed by atoms with van der Waals surface area (Å²) in [6.07, 6.45) is 0. The third kappa shape index (κ3) is 4.99. The van der Waals surface area contributed by atoms with Crippen molar-refractivity contribution in [2.75, 3.05) is 37.6 Å². The van der Waals surface area contributed by atoms with Gasteiger partial charge in [-0.1, -0.05) is 12.1 Å². The molecule has 29 heavy (non-hydrogen) atoms. The van der Waals surface area contributed by atoms with Crippen molar-refractivity contribution >= 4 is 23.3 Å². The molecule has 0 aromatic heterocycles. The van der Waals surface area contributed by atoms with Crippen molar-refractivity contribution in [3.63, 3.8) is 0 Å². The highest BCUT2D eigenvalue weighted by Gasteiger charge is 2.23. The minimum Gasteiger partial charge on any atom is -0.368 e. The number of nitrogens with one attached hydrogen (secondary N) is 1. The average Bonchev–Trinajstić information content (AvgIpc) is 2.74. The van der Waals surface area contributed by atoms with Gasteiger partial charge < -0.3 is 15.1 Å². The van der Waals surface area contributed by atoms with Crippen LogP contribution in [0.4, 0.5) is 10.1 Å². The second kappa shape index (κ2) is 8.86. The van der Waals surface area contributed by atoms with Gasteiger partial charge in [0.15, 0.2) is 0 Å². The maximum absolute atomic E-state index is 13.0. The van der Waals surface area contributed by atoms with E-state index in [9.17, 15) is 18.8 Å². The summed E-state index contributed by atoms with van der Waals surface area (Å²) in [7, 11) is 0. The molecule has 0 spiro atoms. The zero-order valence-corrected chi connectivity index (χ0v) is 16.6. The zero-order valence-electron chi connectivity index (χ0n) is 16.6. The summed E-state index contributed by atoms with van der Waals surface area (Å²) in [4.78, 5) is 40.5. The Hall–Kier alpha value is -3.22. The molecule has 0 bridgehead atoms. The van der Waals surface area contributed by atoms with Gasteiger partial charge in [0, 0.05) is 37.4 Å². The van der Waals surface area contributed by atoms with E-state index in [1.807, 2.05) is 13.8 Å². The number of hydrogen-bond donors (Lipinski definition) is 1. The maximum atomic E-state index is 13.0. The molecule has 0 saturated carbocycles. The smallest absolute Gasteiger partial charge is 0.292 e. The molecule has 1 saturated heterocycles. The number of piperazine rings is 1. The molecule has 2 aromatic carbocycles. The Morgan fingerprint density at radius 3 is 2.21 bits per heavy atom. The largest absolute Gasteiger partial charge is 0.368 e. The summed E-state index contributed by atoms with van der Waals surface area (Å²) in [5.74, 6) is -1.95. The molecule has 3 rings (SSSR count). The highest BCUT2D eigenvalue weighted by molar-refractivity contribution is 6.43. The fourth-order valence-electron chi connectivity index (χ4n) is 3.23. The standard InChI is InChI=1S/C22H24FN3O3/c1-15-3-4-17(13-16(15)2)21(28)22(29)24-14-20(27)26-11-9-25(10-12-26)19-7-5-18(23)6-8-19/h3-8,13H,9-12,14H2,1-2H3,(H,24,29). The predicted molar refractivity (Wildman–Crippen MR) is 108 cm³/mol. The lowest BCUT2D eigenvalue weighted by Gasteiger charge is -2.36. The summed E-state index contributed by atoms with van der Waals surface area (Å²) in [5, 5.41) is 2.43. The zero-order chi connectivity index (χ0) is 21.0. The molecule has 0 radical (unpaired) electrons. The molecular weight excluding hydrogens is 373 g/mol. The van der Waals surface area contributed by atoms with E-state index in [1.165, 1.54) is 12.1 Å². The highest BCUT2D eigenvalue weighted by Crippen LogP contribution is 2.17. The molecule has 152 valence electrons. The number of benzene rings is 2. The molecule has 1 fully saturated rings. The van der Waals surface area contributed by atoms with E-state index in [2.05, 4.69) is 10.2 Å². The maximum Gasteiger partial charge on any atom is 0.292 e. The molecular formula is C22H24FN3O3. The highest BCUT2D eigenvalue weighted by atomic mass is 19.1. The van der Waals surface area contributed by atoms with Crippen LogP contribution in [0.3, 0.4) is 0 Å². The fraction of sp³-hybridized carbons (Fsp3) is 0.318. The van der Waals surface area contributed by atoms with E-state index in [0.717, 1.165) is 16.8 Å². The van der Waals surface area contributed by atoms with Gasteiger partial charge in [0.1, 0.15) is 5.82 Å². The molecule has 0 atom stereocenters. The molecule has 2 amide bonds. The first kappa shape index (κ1) is 20.5. The van der Waals surface area contributed by atoms with Crippen LogP contribution in [0.5, 0.6) is 0 Å². The number of nitrogens with zero attached hydrogens (tertiary/aromatic N) is 2. The van der Waals surface area contributed by atoms with Gasteiger partial charge in [0.05, 0.1) is 6.54 Å². The number of aryl methyl sites for hydroxylation is 2. The van der Waals surface area contributed by atoms with Gasteiger partial charge in [-0.05, 0) is 55.3 Å². The number of amides is 2. The number of rotatable bonds is 5. The van der Waals surface area contributed by atoms with Gasteiger partial charge in [-0.25, -0.2) is 4.39 Å². The van der Waals surface area contributed by atoms with E-state index in [1.54, 1.807) is 35.2 Å². The molecule has 1 aliphatic heterocycles. The van der Waals surface area contributed by atoms with Crippen LogP contribution in [0.1, 0.15) is 21.5 Å². The van der Waals surface area contributed by atoms with Crippen LogP contribution in [0, 0.1) is 19.7 Å². The van der Waals surface area contributed by atoms with Crippen LogP contribution in [-0.2, 0) is 9.59 Å². The Labute approximate surface area is 169 Å². The Balaban J connectivity index is 1.48. The Morgan fingerprint density at radius 1 is 0.931 bits per heavy atom. The van der Waals surface area contributed by atoms with Crippen LogP contribution in [0.25, 0.3) is 0 Å². The minimum atomic E-state index is -0.786. The Morgan fingerprint density at radius 2 is 1.59 bits per heavy atom. The fourth-order valence-corrected chi connectivity index (χ4v) is 3.23. The normalized spacial score (nSPS) is 13.9. The Bertz CT molecular complexity index is 919. The average molecular weight is 397 g/mol. The van der Waals surface area contributed by atoms with Crippen LogP contribution in [0.15, 0.2) is 42.5 Å². The van der Waals surface area contributed by atoms with Crippen LogP contribution < -0.4 is 10.2 Å². The number of hydrogen-bond acceptors (Lipinski definition) is 4. The van der Waals surface area contributed by atoms with Crippen molar-refractivity contribution in [3.05, 3.63) is 65.0 Å². The monoisotopic (exact) mass is 397 g/mol. The van der Waals surface area contributed by atoms with E-state index in [0.29, 0.717) is 31.7 Å². The number of anilines is 1. The summed E-state index contributed by atoms with van der Waals surface area (Å²) in [5.41, 5.74) is 3.19. The third-order valence-corrected chi connectivity index (χ3v) is 5.20. The van der Waals surface area contributed by atoms with Gasteiger partial charge in [-0.3, -0.25) is 14.4 Å². The van der Waals surface area contributed by atoms with E-state index < -0.39 is 11.7 Å². The SMILES string of the molecule is Cc1ccc(C(=O)C(=O)NCC(=O)N2CCN(c3ccc(F)cc3)CC2)cc1C. The van der Waals surface area contributed by atoms with Crippen molar-refractivity contribution in [1.82, 2.24) is 10.2 Å². The topological polar surface area (TPSA) is 69.7 Å². The lowest BCUT2D eigenvalue weighted by atomic mass is 10.0. The second-order valence-corrected chi connectivity index (χ2v) is 7.16. The van der Waals surface area contributed by atoms with Gasteiger partial charge in [-0.15, -0.1) is 0 Å². The number of halogens is 1. The van der Waals surface area contributed by atoms with Crippen molar-refractivity contribution < 1.29 is 18.8 Å². The van der Waals surface area contributed by atoms with E-state index >= 15 is 0 Å². The van der Waals surface area contributed by atoms with E-state index in [4.69, 9.17) is 0 Å². The minimum absolute atomic E-state index is 0.216.